The second-order valence-corrected chi connectivity index (χ2v) is 4.38. The predicted octanol–water partition coefficient (Wildman–Crippen LogP) is 0.777. The van der Waals surface area contributed by atoms with Crippen molar-refractivity contribution in [2.75, 3.05) is 6.54 Å². The van der Waals surface area contributed by atoms with Gasteiger partial charge in [0.25, 0.3) is 0 Å². The number of nitrogens with two attached hydrogens (primary N) is 1. The van der Waals surface area contributed by atoms with Gasteiger partial charge in [-0.05, 0) is 18.1 Å². The van der Waals surface area contributed by atoms with Crippen LogP contribution in [0.4, 0.5) is 4.79 Å². The SMILES string of the molecule is NC1=NCCc2cc(CNC(=O)O)sc21. The van der Waals surface area contributed by atoms with Gasteiger partial charge < -0.3 is 16.2 Å². The molecule has 0 aliphatic carbocycles. The lowest BCUT2D eigenvalue weighted by Crippen LogP contribution is -2.19. The number of rotatable bonds is 2. The highest BCUT2D eigenvalue weighted by Gasteiger charge is 2.15. The number of thiophene rings is 1. The molecule has 0 saturated heterocycles. The van der Waals surface area contributed by atoms with Crippen LogP contribution in [0.1, 0.15) is 15.3 Å². The molecule has 1 amide bonds. The summed E-state index contributed by atoms with van der Waals surface area (Å²) < 4.78 is 0. The molecule has 2 heterocycles. The van der Waals surface area contributed by atoms with Gasteiger partial charge in [-0.25, -0.2) is 4.79 Å². The third-order valence-electron chi connectivity index (χ3n) is 2.17. The molecule has 0 radical (unpaired) electrons. The molecule has 1 aliphatic heterocycles. The second-order valence-electron chi connectivity index (χ2n) is 3.24. The number of amidine groups is 1. The van der Waals surface area contributed by atoms with Gasteiger partial charge in [-0.1, -0.05) is 0 Å². The van der Waals surface area contributed by atoms with E-state index in [2.05, 4.69) is 10.3 Å². The van der Waals surface area contributed by atoms with Crippen molar-refractivity contribution in [3.63, 3.8) is 0 Å². The molecule has 0 atom stereocenters. The van der Waals surface area contributed by atoms with E-state index in [-0.39, 0.29) is 0 Å². The summed E-state index contributed by atoms with van der Waals surface area (Å²) in [5, 5.41) is 10.8. The Morgan fingerprint density at radius 1 is 1.73 bits per heavy atom. The number of hydrogen-bond acceptors (Lipinski definition) is 4. The van der Waals surface area contributed by atoms with E-state index in [0.717, 1.165) is 22.7 Å². The summed E-state index contributed by atoms with van der Waals surface area (Å²) in [6.07, 6.45) is -0.123. The van der Waals surface area contributed by atoms with Gasteiger partial charge in [-0.2, -0.15) is 0 Å². The van der Waals surface area contributed by atoms with Crippen molar-refractivity contribution in [2.45, 2.75) is 13.0 Å². The molecular weight excluding hydrogens is 214 g/mol. The topological polar surface area (TPSA) is 87.7 Å². The number of hydrogen-bond donors (Lipinski definition) is 3. The van der Waals surface area contributed by atoms with Crippen LogP contribution < -0.4 is 11.1 Å². The zero-order valence-corrected chi connectivity index (χ0v) is 8.80. The predicted molar refractivity (Wildman–Crippen MR) is 58.5 cm³/mol. The molecule has 1 aromatic heterocycles. The van der Waals surface area contributed by atoms with Crippen LogP contribution in [0.15, 0.2) is 11.1 Å². The monoisotopic (exact) mass is 225 g/mol. The summed E-state index contributed by atoms with van der Waals surface area (Å²) in [6, 6.07) is 2.00. The molecule has 6 heteroatoms. The molecule has 4 N–H and O–H groups in total. The summed E-state index contributed by atoms with van der Waals surface area (Å²) in [4.78, 5) is 16.4. The van der Waals surface area contributed by atoms with Gasteiger partial charge in [0.2, 0.25) is 0 Å². The van der Waals surface area contributed by atoms with Gasteiger partial charge in [0.1, 0.15) is 5.84 Å². The van der Waals surface area contributed by atoms with Crippen LogP contribution in [-0.2, 0) is 13.0 Å². The molecule has 80 valence electrons. The zero-order chi connectivity index (χ0) is 10.8. The highest BCUT2D eigenvalue weighted by Crippen LogP contribution is 2.25. The van der Waals surface area contributed by atoms with E-state index >= 15 is 0 Å². The van der Waals surface area contributed by atoms with Crippen LogP contribution in [0.3, 0.4) is 0 Å². The largest absolute Gasteiger partial charge is 0.465 e. The van der Waals surface area contributed by atoms with Gasteiger partial charge in [0.05, 0.1) is 11.4 Å². The lowest BCUT2D eigenvalue weighted by Gasteiger charge is -2.07. The molecule has 1 aromatic rings. The third-order valence-corrected chi connectivity index (χ3v) is 3.37. The van der Waals surface area contributed by atoms with Crippen molar-refractivity contribution in [1.82, 2.24) is 5.32 Å². The van der Waals surface area contributed by atoms with Crippen molar-refractivity contribution in [3.8, 4) is 0 Å². The standard InChI is InChI=1S/C9H11N3O2S/c10-8-7-5(1-2-11-8)3-6(15-7)4-12-9(13)14/h3,12H,1-2,4H2,(H2,10,11)(H,13,14). The van der Waals surface area contributed by atoms with Gasteiger partial charge >= 0.3 is 6.09 Å². The van der Waals surface area contributed by atoms with E-state index < -0.39 is 6.09 Å². The minimum atomic E-state index is -1.01. The molecule has 0 saturated carbocycles. The first-order chi connectivity index (χ1) is 7.16. The van der Waals surface area contributed by atoms with Crippen LogP contribution in [0.5, 0.6) is 0 Å². The minimum absolute atomic E-state index is 0.334. The Hall–Kier alpha value is -1.56. The first kappa shape index (κ1) is 9.97. The molecule has 5 nitrogen and oxygen atoms in total. The Labute approximate surface area is 90.6 Å². The average molecular weight is 225 g/mol. The average Bonchev–Trinajstić information content (AvgIpc) is 2.59. The number of nitrogens with one attached hydrogen (secondary N) is 1. The second kappa shape index (κ2) is 3.90. The van der Waals surface area contributed by atoms with Gasteiger partial charge in [-0.15, -0.1) is 11.3 Å². The van der Waals surface area contributed by atoms with Crippen LogP contribution in [0.25, 0.3) is 0 Å². The Bertz CT molecular complexity index is 425. The van der Waals surface area contributed by atoms with E-state index in [1.54, 1.807) is 0 Å². The minimum Gasteiger partial charge on any atom is -0.465 e. The highest BCUT2D eigenvalue weighted by atomic mass is 32.1. The Balaban J connectivity index is 2.16. The molecule has 0 bridgehead atoms. The molecule has 0 fully saturated rings. The smallest absolute Gasteiger partial charge is 0.404 e. The Morgan fingerprint density at radius 2 is 2.53 bits per heavy atom. The maximum atomic E-state index is 10.3. The number of amides is 1. The zero-order valence-electron chi connectivity index (χ0n) is 7.99. The number of carbonyl (C=O) groups is 1. The molecule has 1 aliphatic rings. The van der Waals surface area contributed by atoms with Crippen molar-refractivity contribution in [3.05, 3.63) is 21.4 Å². The number of carboxylic acid groups (broad SMARTS) is 1. The lowest BCUT2D eigenvalue weighted by atomic mass is 10.1. The maximum Gasteiger partial charge on any atom is 0.404 e. The van der Waals surface area contributed by atoms with Crippen molar-refractivity contribution in [1.29, 1.82) is 0 Å². The molecular formula is C9H11N3O2S. The summed E-state index contributed by atoms with van der Waals surface area (Å²) in [6.45, 7) is 1.06. The van der Waals surface area contributed by atoms with Crippen LogP contribution in [0.2, 0.25) is 0 Å². The maximum absolute atomic E-state index is 10.3. The lowest BCUT2D eigenvalue weighted by molar-refractivity contribution is 0.194. The van der Waals surface area contributed by atoms with E-state index in [9.17, 15) is 4.79 Å². The Morgan fingerprint density at radius 3 is 3.20 bits per heavy atom. The van der Waals surface area contributed by atoms with Gasteiger partial charge in [-0.3, -0.25) is 4.99 Å². The number of fused-ring (bicyclic) bond motifs is 1. The summed E-state index contributed by atoms with van der Waals surface area (Å²) in [7, 11) is 0. The first-order valence-electron chi connectivity index (χ1n) is 4.55. The fourth-order valence-corrected chi connectivity index (χ4v) is 2.58. The molecule has 0 unspecified atom stereocenters. The van der Waals surface area contributed by atoms with Crippen molar-refractivity contribution >= 4 is 23.3 Å². The van der Waals surface area contributed by atoms with Crippen LogP contribution in [0, 0.1) is 0 Å². The van der Waals surface area contributed by atoms with Gasteiger partial charge in [0.15, 0.2) is 0 Å². The normalized spacial score (nSPS) is 14.3. The quantitative estimate of drug-likeness (QED) is 0.695. The van der Waals surface area contributed by atoms with Crippen LogP contribution >= 0.6 is 11.3 Å². The molecule has 0 spiro atoms. The fourth-order valence-electron chi connectivity index (χ4n) is 1.51. The van der Waals surface area contributed by atoms with Gasteiger partial charge in [0, 0.05) is 11.4 Å². The summed E-state index contributed by atoms with van der Waals surface area (Å²) >= 11 is 1.50. The van der Waals surface area contributed by atoms with Crippen LogP contribution in [-0.4, -0.2) is 23.6 Å². The highest BCUT2D eigenvalue weighted by molar-refractivity contribution is 7.14. The van der Waals surface area contributed by atoms with E-state index in [1.807, 2.05) is 6.07 Å². The summed E-state index contributed by atoms with van der Waals surface area (Å²) in [5.41, 5.74) is 6.91. The van der Waals surface area contributed by atoms with E-state index in [4.69, 9.17) is 10.8 Å². The van der Waals surface area contributed by atoms with E-state index in [0.29, 0.717) is 12.4 Å². The summed E-state index contributed by atoms with van der Waals surface area (Å²) in [5.74, 6) is 0.572. The van der Waals surface area contributed by atoms with E-state index in [1.165, 1.54) is 16.9 Å². The molecule has 2 rings (SSSR count). The first-order valence-corrected chi connectivity index (χ1v) is 5.37. The number of nitrogens with zero attached hydrogens (tertiary/aromatic N) is 1. The number of aliphatic imine (C=N–C) groups is 1. The van der Waals surface area contributed by atoms with Crippen molar-refractivity contribution in [2.24, 2.45) is 10.7 Å². The Kier molecular flexibility index (Phi) is 2.59. The fraction of sp³-hybridized carbons (Fsp3) is 0.333. The molecule has 0 aromatic carbocycles. The third kappa shape index (κ3) is 2.10. The molecule has 15 heavy (non-hydrogen) atoms. The van der Waals surface area contributed by atoms with Crippen molar-refractivity contribution < 1.29 is 9.90 Å².